The van der Waals surface area contributed by atoms with E-state index in [1.165, 1.54) is 25.3 Å². The molecule has 1 aliphatic rings. The Morgan fingerprint density at radius 1 is 1.14 bits per heavy atom. The van der Waals surface area contributed by atoms with Crippen LogP contribution in [0.5, 0.6) is 23.0 Å². The predicted octanol–water partition coefficient (Wildman–Crippen LogP) is 2.11. The number of hydrogen-bond acceptors (Lipinski definition) is 7. The number of benzene rings is 2. The van der Waals surface area contributed by atoms with Crippen LogP contribution >= 0.6 is 0 Å². The fourth-order valence-corrected chi connectivity index (χ4v) is 2.68. The lowest BCUT2D eigenvalue weighted by Crippen LogP contribution is -2.30. The molecular formula is C19H20N2O7. The third-order valence-corrected chi connectivity index (χ3v) is 4.06. The number of nitrogens with one attached hydrogen (secondary N) is 1. The standard InChI is InChI=1S/C19H20N2O7/c1-25-15-5-3-14(21(23)24)11-18(15)28-12-19(22)20-7-6-13-2-4-16-17(10-13)27-9-8-26-16/h2-5,10-11H,6-9,12H2,1H3,(H,20,22). The highest BCUT2D eigenvalue weighted by molar-refractivity contribution is 5.77. The lowest BCUT2D eigenvalue weighted by atomic mass is 10.1. The molecule has 3 rings (SSSR count). The number of amides is 1. The van der Waals surface area contributed by atoms with Crippen molar-refractivity contribution in [2.45, 2.75) is 6.42 Å². The highest BCUT2D eigenvalue weighted by Gasteiger charge is 2.14. The molecule has 9 nitrogen and oxygen atoms in total. The first-order chi connectivity index (χ1) is 13.6. The maximum atomic E-state index is 12.0. The number of nitro benzene ring substituents is 1. The van der Waals surface area contributed by atoms with Gasteiger partial charge in [-0.2, -0.15) is 0 Å². The van der Waals surface area contributed by atoms with Gasteiger partial charge in [-0.15, -0.1) is 0 Å². The van der Waals surface area contributed by atoms with Gasteiger partial charge in [0.05, 0.1) is 18.1 Å². The van der Waals surface area contributed by atoms with Crippen LogP contribution in [-0.4, -0.2) is 44.3 Å². The van der Waals surface area contributed by atoms with Crippen LogP contribution < -0.4 is 24.3 Å². The zero-order chi connectivity index (χ0) is 19.9. The van der Waals surface area contributed by atoms with E-state index in [1.54, 1.807) is 0 Å². The third kappa shape index (κ3) is 4.81. The number of carbonyl (C=O) groups is 1. The second kappa shape index (κ2) is 8.94. The molecule has 0 aromatic heterocycles. The number of methoxy groups -OCH3 is 1. The van der Waals surface area contributed by atoms with Crippen molar-refractivity contribution in [3.05, 3.63) is 52.1 Å². The molecule has 0 saturated carbocycles. The second-order valence-corrected chi connectivity index (χ2v) is 5.96. The van der Waals surface area contributed by atoms with E-state index in [9.17, 15) is 14.9 Å². The molecule has 2 aromatic carbocycles. The molecule has 0 saturated heterocycles. The Balaban J connectivity index is 1.48. The molecule has 1 heterocycles. The minimum atomic E-state index is -0.542. The fraction of sp³-hybridized carbons (Fsp3) is 0.316. The number of non-ortho nitro benzene ring substituents is 1. The molecular weight excluding hydrogens is 368 g/mol. The van der Waals surface area contributed by atoms with Crippen LogP contribution in [0.15, 0.2) is 36.4 Å². The van der Waals surface area contributed by atoms with Crippen molar-refractivity contribution in [1.29, 1.82) is 0 Å². The SMILES string of the molecule is COc1ccc([N+](=O)[O-])cc1OCC(=O)NCCc1ccc2c(c1)OCCO2. The predicted molar refractivity (Wildman–Crippen MR) is 99.3 cm³/mol. The summed E-state index contributed by atoms with van der Waals surface area (Å²) in [6.45, 7) is 1.19. The van der Waals surface area contributed by atoms with Crippen molar-refractivity contribution in [2.24, 2.45) is 0 Å². The largest absolute Gasteiger partial charge is 0.493 e. The van der Waals surface area contributed by atoms with Gasteiger partial charge in [-0.1, -0.05) is 6.07 Å². The Hall–Kier alpha value is -3.49. The van der Waals surface area contributed by atoms with Crippen LogP contribution in [-0.2, 0) is 11.2 Å². The summed E-state index contributed by atoms with van der Waals surface area (Å²) in [6.07, 6.45) is 0.614. The zero-order valence-corrected chi connectivity index (χ0v) is 15.3. The van der Waals surface area contributed by atoms with Crippen LogP contribution in [0.25, 0.3) is 0 Å². The van der Waals surface area contributed by atoms with Crippen LogP contribution in [0.1, 0.15) is 5.56 Å². The quantitative estimate of drug-likeness (QED) is 0.545. The van der Waals surface area contributed by atoms with Crippen LogP contribution in [0, 0.1) is 10.1 Å². The molecule has 0 aliphatic carbocycles. The molecule has 2 aromatic rings. The normalized spacial score (nSPS) is 12.2. The minimum Gasteiger partial charge on any atom is -0.493 e. The minimum absolute atomic E-state index is 0.138. The molecule has 28 heavy (non-hydrogen) atoms. The van der Waals surface area contributed by atoms with Gasteiger partial charge in [-0.05, 0) is 30.2 Å². The summed E-state index contributed by atoms with van der Waals surface area (Å²) in [6, 6.07) is 9.62. The van der Waals surface area contributed by atoms with Crippen molar-refractivity contribution >= 4 is 11.6 Å². The van der Waals surface area contributed by atoms with E-state index >= 15 is 0 Å². The molecule has 1 N–H and O–H groups in total. The molecule has 0 unspecified atom stereocenters. The van der Waals surface area contributed by atoms with E-state index in [4.69, 9.17) is 18.9 Å². The van der Waals surface area contributed by atoms with Gasteiger partial charge >= 0.3 is 0 Å². The molecule has 0 spiro atoms. The van der Waals surface area contributed by atoms with Crippen molar-refractivity contribution in [2.75, 3.05) is 33.5 Å². The molecule has 0 fully saturated rings. The number of nitro groups is 1. The van der Waals surface area contributed by atoms with E-state index in [0.717, 1.165) is 11.3 Å². The van der Waals surface area contributed by atoms with Gasteiger partial charge in [0.25, 0.3) is 11.6 Å². The second-order valence-electron chi connectivity index (χ2n) is 5.96. The third-order valence-electron chi connectivity index (χ3n) is 4.06. The number of carbonyl (C=O) groups excluding carboxylic acids is 1. The molecule has 1 aliphatic heterocycles. The van der Waals surface area contributed by atoms with Gasteiger partial charge in [0, 0.05) is 12.6 Å². The smallest absolute Gasteiger partial charge is 0.273 e. The number of fused-ring (bicyclic) bond motifs is 1. The summed E-state index contributed by atoms with van der Waals surface area (Å²) < 4.78 is 21.5. The Morgan fingerprint density at radius 3 is 2.68 bits per heavy atom. The maximum Gasteiger partial charge on any atom is 0.273 e. The van der Waals surface area contributed by atoms with Crippen LogP contribution in [0.4, 0.5) is 5.69 Å². The van der Waals surface area contributed by atoms with Gasteiger partial charge in [-0.25, -0.2) is 0 Å². The highest BCUT2D eigenvalue weighted by atomic mass is 16.6. The first-order valence-corrected chi connectivity index (χ1v) is 8.67. The first kappa shape index (κ1) is 19.3. The van der Waals surface area contributed by atoms with Gasteiger partial charge in [-0.3, -0.25) is 14.9 Å². The van der Waals surface area contributed by atoms with Gasteiger partial charge in [0.2, 0.25) is 0 Å². The summed E-state index contributed by atoms with van der Waals surface area (Å²) in [5.41, 5.74) is 0.862. The number of hydrogen-bond donors (Lipinski definition) is 1. The lowest BCUT2D eigenvalue weighted by molar-refractivity contribution is -0.385. The van der Waals surface area contributed by atoms with Crippen molar-refractivity contribution in [3.63, 3.8) is 0 Å². The molecule has 148 valence electrons. The van der Waals surface area contributed by atoms with Crippen molar-refractivity contribution in [1.82, 2.24) is 5.32 Å². The number of ether oxygens (including phenoxy) is 4. The molecule has 0 radical (unpaired) electrons. The Labute approximate surface area is 161 Å². The van der Waals surface area contributed by atoms with Gasteiger partial charge in [0.1, 0.15) is 13.2 Å². The molecule has 1 amide bonds. The lowest BCUT2D eigenvalue weighted by Gasteiger charge is -2.18. The highest BCUT2D eigenvalue weighted by Crippen LogP contribution is 2.31. The van der Waals surface area contributed by atoms with E-state index in [2.05, 4.69) is 5.32 Å². The topological polar surface area (TPSA) is 109 Å². The number of rotatable bonds is 8. The summed E-state index contributed by atoms with van der Waals surface area (Å²) in [5.74, 6) is 1.54. The van der Waals surface area contributed by atoms with E-state index in [-0.39, 0.29) is 24.0 Å². The Morgan fingerprint density at radius 2 is 1.93 bits per heavy atom. The van der Waals surface area contributed by atoms with E-state index in [0.29, 0.717) is 37.7 Å². The summed E-state index contributed by atoms with van der Waals surface area (Å²) in [7, 11) is 1.42. The first-order valence-electron chi connectivity index (χ1n) is 8.67. The fourth-order valence-electron chi connectivity index (χ4n) is 2.68. The molecule has 9 heteroatoms. The van der Waals surface area contributed by atoms with Gasteiger partial charge in [0.15, 0.2) is 29.6 Å². The summed E-state index contributed by atoms with van der Waals surface area (Å²) in [5, 5.41) is 13.6. The average Bonchev–Trinajstić information content (AvgIpc) is 2.71. The van der Waals surface area contributed by atoms with Crippen molar-refractivity contribution in [3.8, 4) is 23.0 Å². The van der Waals surface area contributed by atoms with Crippen LogP contribution in [0.3, 0.4) is 0 Å². The molecule has 0 atom stereocenters. The Kier molecular flexibility index (Phi) is 6.15. The van der Waals surface area contributed by atoms with E-state index < -0.39 is 4.92 Å². The zero-order valence-electron chi connectivity index (χ0n) is 15.3. The average molecular weight is 388 g/mol. The number of nitrogens with zero attached hydrogens (tertiary/aromatic N) is 1. The van der Waals surface area contributed by atoms with Crippen LogP contribution in [0.2, 0.25) is 0 Å². The van der Waals surface area contributed by atoms with E-state index in [1.807, 2.05) is 18.2 Å². The maximum absolute atomic E-state index is 12.0. The molecule has 0 bridgehead atoms. The summed E-state index contributed by atoms with van der Waals surface area (Å²) >= 11 is 0. The Bertz CT molecular complexity index is 869. The summed E-state index contributed by atoms with van der Waals surface area (Å²) in [4.78, 5) is 22.3. The monoisotopic (exact) mass is 388 g/mol. The van der Waals surface area contributed by atoms with Crippen molar-refractivity contribution < 1.29 is 28.7 Å². The van der Waals surface area contributed by atoms with Gasteiger partial charge < -0.3 is 24.3 Å².